The van der Waals surface area contributed by atoms with E-state index in [0.29, 0.717) is 6.04 Å². The highest BCUT2D eigenvalue weighted by Crippen LogP contribution is 2.28. The van der Waals surface area contributed by atoms with Gasteiger partial charge in [0.05, 0.1) is 6.04 Å². The predicted molar refractivity (Wildman–Crippen MR) is 77.5 cm³/mol. The molecule has 2 rings (SSSR count). The third-order valence-electron chi connectivity index (χ3n) is 2.55. The van der Waals surface area contributed by atoms with Gasteiger partial charge in [0.2, 0.25) is 0 Å². The van der Waals surface area contributed by atoms with Crippen molar-refractivity contribution in [2.24, 2.45) is 0 Å². The molecule has 0 aliphatic carbocycles. The van der Waals surface area contributed by atoms with E-state index in [0.717, 1.165) is 33.0 Å². The minimum Gasteiger partial charge on any atom is -0.308 e. The lowest BCUT2D eigenvalue weighted by Crippen LogP contribution is -2.19. The molecule has 1 atom stereocenters. The fourth-order valence-electron chi connectivity index (χ4n) is 1.67. The van der Waals surface area contributed by atoms with E-state index in [-0.39, 0.29) is 0 Å². The number of pyridine rings is 1. The van der Waals surface area contributed by atoms with Crippen molar-refractivity contribution in [1.82, 2.24) is 20.5 Å². The molecule has 0 radical (unpaired) electrons. The van der Waals surface area contributed by atoms with Crippen LogP contribution in [0.3, 0.4) is 0 Å². The van der Waals surface area contributed by atoms with Crippen LogP contribution in [-0.2, 0) is 0 Å². The highest BCUT2D eigenvalue weighted by molar-refractivity contribution is 9.10. The molecular weight excluding hydrogens is 312 g/mol. The van der Waals surface area contributed by atoms with Crippen LogP contribution in [0.4, 0.5) is 0 Å². The molecule has 0 bridgehead atoms. The van der Waals surface area contributed by atoms with Crippen molar-refractivity contribution in [2.45, 2.75) is 26.3 Å². The van der Waals surface area contributed by atoms with Gasteiger partial charge in [0.25, 0.3) is 0 Å². The number of aromatic nitrogens is 3. The van der Waals surface area contributed by atoms with Crippen molar-refractivity contribution in [1.29, 1.82) is 0 Å². The van der Waals surface area contributed by atoms with Gasteiger partial charge in [-0.3, -0.25) is 4.98 Å². The highest BCUT2D eigenvalue weighted by Gasteiger charge is 2.14. The quantitative estimate of drug-likeness (QED) is 0.914. The molecule has 0 aliphatic heterocycles. The van der Waals surface area contributed by atoms with Crippen LogP contribution in [0.5, 0.6) is 0 Å². The minimum absolute atomic E-state index is 0.293. The number of rotatable bonds is 5. The van der Waals surface area contributed by atoms with Gasteiger partial charge in [-0.1, -0.05) is 25.2 Å². The average molecular weight is 327 g/mol. The summed E-state index contributed by atoms with van der Waals surface area (Å²) >= 11 is 5.04. The van der Waals surface area contributed by atoms with Crippen LogP contribution in [0.25, 0.3) is 10.6 Å². The second-order valence-electron chi connectivity index (χ2n) is 3.86. The SMILES string of the molecule is CCNC(CC)c1nnc(-c2cncc(Br)c2)s1. The predicted octanol–water partition coefficient (Wildman–Crippen LogP) is 3.42. The first-order chi connectivity index (χ1) is 8.74. The Morgan fingerprint density at radius 2 is 2.17 bits per heavy atom. The zero-order valence-corrected chi connectivity index (χ0v) is 12.8. The Morgan fingerprint density at radius 3 is 2.83 bits per heavy atom. The Kier molecular flexibility index (Phi) is 4.79. The molecule has 6 heteroatoms. The van der Waals surface area contributed by atoms with Gasteiger partial charge in [0.15, 0.2) is 0 Å². The summed E-state index contributed by atoms with van der Waals surface area (Å²) in [6, 6.07) is 2.30. The maximum Gasteiger partial charge on any atom is 0.149 e. The van der Waals surface area contributed by atoms with Crippen molar-refractivity contribution in [3.05, 3.63) is 27.9 Å². The molecule has 0 amide bonds. The van der Waals surface area contributed by atoms with Gasteiger partial charge in [0, 0.05) is 22.4 Å². The molecule has 0 saturated carbocycles. The molecule has 96 valence electrons. The van der Waals surface area contributed by atoms with E-state index >= 15 is 0 Å². The number of hydrogen-bond acceptors (Lipinski definition) is 5. The summed E-state index contributed by atoms with van der Waals surface area (Å²) in [5.74, 6) is 0. The van der Waals surface area contributed by atoms with Crippen molar-refractivity contribution in [3.8, 4) is 10.6 Å². The molecule has 2 aromatic rings. The lowest BCUT2D eigenvalue weighted by molar-refractivity contribution is 0.531. The van der Waals surface area contributed by atoms with Crippen LogP contribution in [0.15, 0.2) is 22.9 Å². The number of nitrogens with one attached hydrogen (secondary N) is 1. The normalized spacial score (nSPS) is 12.6. The van der Waals surface area contributed by atoms with E-state index in [2.05, 4.69) is 50.3 Å². The number of hydrogen-bond donors (Lipinski definition) is 1. The molecule has 18 heavy (non-hydrogen) atoms. The van der Waals surface area contributed by atoms with Crippen LogP contribution in [-0.4, -0.2) is 21.7 Å². The Balaban J connectivity index is 2.24. The van der Waals surface area contributed by atoms with Gasteiger partial charge >= 0.3 is 0 Å². The van der Waals surface area contributed by atoms with Crippen LogP contribution in [0, 0.1) is 0 Å². The number of nitrogens with zero attached hydrogens (tertiary/aromatic N) is 3. The summed E-state index contributed by atoms with van der Waals surface area (Å²) < 4.78 is 0.954. The maximum absolute atomic E-state index is 4.27. The average Bonchev–Trinajstić information content (AvgIpc) is 2.85. The van der Waals surface area contributed by atoms with Gasteiger partial charge in [-0.15, -0.1) is 10.2 Å². The smallest absolute Gasteiger partial charge is 0.149 e. The second kappa shape index (κ2) is 6.36. The molecule has 0 fully saturated rings. The Hall–Kier alpha value is -0.850. The standard InChI is InChI=1S/C12H15BrN4S/c1-3-10(15-4-2)12-17-16-11(18-12)8-5-9(13)7-14-6-8/h5-7,10,15H,3-4H2,1-2H3. The summed E-state index contributed by atoms with van der Waals surface area (Å²) in [5, 5.41) is 13.9. The van der Waals surface area contributed by atoms with Gasteiger partial charge in [-0.05, 0) is 35.0 Å². The molecule has 0 aliphatic rings. The first-order valence-corrected chi connectivity index (χ1v) is 7.53. The van der Waals surface area contributed by atoms with Crippen LogP contribution in [0.2, 0.25) is 0 Å². The van der Waals surface area contributed by atoms with Gasteiger partial charge < -0.3 is 5.32 Å². The topological polar surface area (TPSA) is 50.7 Å². The van der Waals surface area contributed by atoms with E-state index in [1.54, 1.807) is 17.5 Å². The molecule has 2 heterocycles. The molecule has 0 aromatic carbocycles. The Bertz CT molecular complexity index is 514. The third-order valence-corrected chi connectivity index (χ3v) is 4.07. The molecular formula is C12H15BrN4S. The summed E-state index contributed by atoms with van der Waals surface area (Å²) in [5.41, 5.74) is 1.000. The zero-order chi connectivity index (χ0) is 13.0. The van der Waals surface area contributed by atoms with Gasteiger partial charge in [0.1, 0.15) is 10.0 Å². The monoisotopic (exact) mass is 326 g/mol. The first-order valence-electron chi connectivity index (χ1n) is 5.92. The fraction of sp³-hybridized carbons (Fsp3) is 0.417. The maximum atomic E-state index is 4.27. The molecule has 4 nitrogen and oxygen atoms in total. The molecule has 0 spiro atoms. The summed E-state index contributed by atoms with van der Waals surface area (Å²) in [6.07, 6.45) is 4.58. The Labute approximate surface area is 119 Å². The van der Waals surface area contributed by atoms with Crippen LogP contribution >= 0.6 is 27.3 Å². The number of halogens is 1. The van der Waals surface area contributed by atoms with Crippen molar-refractivity contribution < 1.29 is 0 Å². The summed E-state index contributed by atoms with van der Waals surface area (Å²) in [6.45, 7) is 5.18. The van der Waals surface area contributed by atoms with Crippen LogP contribution in [0.1, 0.15) is 31.3 Å². The van der Waals surface area contributed by atoms with Gasteiger partial charge in [-0.2, -0.15) is 0 Å². The van der Waals surface area contributed by atoms with E-state index in [4.69, 9.17) is 0 Å². The Morgan fingerprint density at radius 1 is 1.33 bits per heavy atom. The van der Waals surface area contributed by atoms with E-state index in [9.17, 15) is 0 Å². The van der Waals surface area contributed by atoms with Crippen molar-refractivity contribution in [2.75, 3.05) is 6.54 Å². The summed E-state index contributed by atoms with van der Waals surface area (Å²) in [4.78, 5) is 4.15. The highest BCUT2D eigenvalue weighted by atomic mass is 79.9. The third kappa shape index (κ3) is 3.13. The second-order valence-corrected chi connectivity index (χ2v) is 5.78. The lowest BCUT2D eigenvalue weighted by atomic mass is 10.2. The minimum atomic E-state index is 0.293. The first kappa shape index (κ1) is 13.6. The molecule has 1 N–H and O–H groups in total. The molecule has 0 saturated heterocycles. The van der Waals surface area contributed by atoms with E-state index in [1.165, 1.54) is 0 Å². The largest absolute Gasteiger partial charge is 0.308 e. The van der Waals surface area contributed by atoms with Crippen molar-refractivity contribution in [3.63, 3.8) is 0 Å². The van der Waals surface area contributed by atoms with Gasteiger partial charge in [-0.25, -0.2) is 0 Å². The van der Waals surface area contributed by atoms with Crippen LogP contribution < -0.4 is 5.32 Å². The summed E-state index contributed by atoms with van der Waals surface area (Å²) in [7, 11) is 0. The zero-order valence-electron chi connectivity index (χ0n) is 10.4. The molecule has 2 aromatic heterocycles. The van der Waals surface area contributed by atoms with Crippen molar-refractivity contribution >= 4 is 27.3 Å². The lowest BCUT2D eigenvalue weighted by Gasteiger charge is -2.10. The van der Waals surface area contributed by atoms with E-state index < -0.39 is 0 Å². The molecule has 1 unspecified atom stereocenters. The van der Waals surface area contributed by atoms with E-state index in [1.807, 2.05) is 12.3 Å². The fourth-order valence-corrected chi connectivity index (χ4v) is 3.02.